The summed E-state index contributed by atoms with van der Waals surface area (Å²) >= 11 is 0. The van der Waals surface area contributed by atoms with Gasteiger partial charge in [0.25, 0.3) is 0 Å². The quantitative estimate of drug-likeness (QED) is 0.326. The van der Waals surface area contributed by atoms with Crippen LogP contribution in [0.3, 0.4) is 0 Å². The van der Waals surface area contributed by atoms with E-state index in [1.54, 1.807) is 0 Å². The maximum absolute atomic E-state index is 12.3. The van der Waals surface area contributed by atoms with Crippen molar-refractivity contribution in [2.75, 3.05) is 5.32 Å². The van der Waals surface area contributed by atoms with Gasteiger partial charge in [-0.1, -0.05) is 54.6 Å². The van der Waals surface area contributed by atoms with Crippen LogP contribution in [0.2, 0.25) is 0 Å². The minimum atomic E-state index is -3.35. The largest absolute Gasteiger partial charge is 0.488 e. The summed E-state index contributed by atoms with van der Waals surface area (Å²) in [4.78, 5) is 8.79. The fraction of sp³-hybridized carbons (Fsp3) is 0.185. The first kappa shape index (κ1) is 23.0. The van der Waals surface area contributed by atoms with Crippen molar-refractivity contribution in [3.05, 3.63) is 102 Å². The van der Waals surface area contributed by atoms with E-state index in [1.165, 1.54) is 6.33 Å². The van der Waals surface area contributed by atoms with Gasteiger partial charge in [-0.15, -0.1) is 0 Å². The second kappa shape index (κ2) is 10.2. The molecule has 7 nitrogen and oxygen atoms in total. The van der Waals surface area contributed by atoms with Gasteiger partial charge in [0.2, 0.25) is 10.0 Å². The van der Waals surface area contributed by atoms with Gasteiger partial charge in [-0.25, -0.2) is 23.1 Å². The zero-order chi connectivity index (χ0) is 24.1. The maximum Gasteiger partial charge on any atom is 0.216 e. The standard InChI is InChI=1S/C27H26N4O3S/c32-35(33,31-22-13-14-22)18-21-9-6-10-23(15-21)30-27-16-25(28-19-29-27)24-11-4-5-12-26(24)34-17-20-7-2-1-3-8-20/h1-12,15-16,19,22,31H,13-14,17-18H2,(H,28,29,30). The summed E-state index contributed by atoms with van der Waals surface area (Å²) < 4.78 is 33.5. The summed E-state index contributed by atoms with van der Waals surface area (Å²) in [6.45, 7) is 0.458. The third-order valence-electron chi connectivity index (χ3n) is 5.55. The molecule has 0 saturated heterocycles. The highest BCUT2D eigenvalue weighted by atomic mass is 32.2. The third-order valence-corrected chi connectivity index (χ3v) is 6.95. The smallest absolute Gasteiger partial charge is 0.216 e. The number of hydrogen-bond donors (Lipinski definition) is 2. The highest BCUT2D eigenvalue weighted by molar-refractivity contribution is 7.88. The Morgan fingerprint density at radius 3 is 2.46 bits per heavy atom. The van der Waals surface area contributed by atoms with Crippen LogP contribution in [0.15, 0.2) is 91.3 Å². The molecule has 2 N–H and O–H groups in total. The average molecular weight is 487 g/mol. The number of hydrogen-bond acceptors (Lipinski definition) is 6. The van der Waals surface area contributed by atoms with Crippen LogP contribution in [0.25, 0.3) is 11.3 Å². The molecule has 0 atom stereocenters. The predicted octanol–water partition coefficient (Wildman–Crippen LogP) is 5.05. The van der Waals surface area contributed by atoms with Crippen LogP contribution in [0.5, 0.6) is 5.75 Å². The van der Waals surface area contributed by atoms with Crippen LogP contribution in [-0.4, -0.2) is 24.4 Å². The first-order valence-electron chi connectivity index (χ1n) is 11.5. The zero-order valence-electron chi connectivity index (χ0n) is 19.1. The molecule has 5 rings (SSSR count). The normalized spacial score (nSPS) is 13.4. The summed E-state index contributed by atoms with van der Waals surface area (Å²) in [7, 11) is -3.35. The van der Waals surface area contributed by atoms with Gasteiger partial charge in [0, 0.05) is 23.4 Å². The van der Waals surface area contributed by atoms with Gasteiger partial charge < -0.3 is 10.1 Å². The molecule has 0 radical (unpaired) electrons. The fourth-order valence-electron chi connectivity index (χ4n) is 3.72. The summed E-state index contributed by atoms with van der Waals surface area (Å²) in [5.74, 6) is 1.28. The Labute approximate surface area is 205 Å². The van der Waals surface area contributed by atoms with Crippen LogP contribution in [0.1, 0.15) is 24.0 Å². The number of nitrogens with one attached hydrogen (secondary N) is 2. The van der Waals surface area contributed by atoms with Gasteiger partial charge in [0.1, 0.15) is 24.5 Å². The van der Waals surface area contributed by atoms with Gasteiger partial charge in [-0.2, -0.15) is 0 Å². The predicted molar refractivity (Wildman–Crippen MR) is 137 cm³/mol. The van der Waals surface area contributed by atoms with E-state index in [0.717, 1.165) is 41.1 Å². The molecule has 1 aliphatic carbocycles. The number of aromatic nitrogens is 2. The van der Waals surface area contributed by atoms with Crippen LogP contribution in [0.4, 0.5) is 11.5 Å². The lowest BCUT2D eigenvalue weighted by Gasteiger charge is -2.13. The van der Waals surface area contributed by atoms with Gasteiger partial charge in [-0.05, 0) is 48.2 Å². The molecule has 35 heavy (non-hydrogen) atoms. The van der Waals surface area contributed by atoms with E-state index in [-0.39, 0.29) is 11.8 Å². The molecule has 1 heterocycles. The van der Waals surface area contributed by atoms with E-state index >= 15 is 0 Å². The molecule has 0 unspecified atom stereocenters. The Hall–Kier alpha value is -3.75. The van der Waals surface area contributed by atoms with E-state index < -0.39 is 10.0 Å². The molecule has 1 aliphatic rings. The third kappa shape index (κ3) is 6.44. The van der Waals surface area contributed by atoms with Crippen molar-refractivity contribution in [1.82, 2.24) is 14.7 Å². The molecule has 178 valence electrons. The SMILES string of the molecule is O=S(=O)(Cc1cccc(Nc2cc(-c3ccccc3OCc3ccccc3)ncn2)c1)NC1CC1. The van der Waals surface area contributed by atoms with Crippen LogP contribution in [-0.2, 0) is 22.4 Å². The Bertz CT molecular complexity index is 1410. The summed E-state index contributed by atoms with van der Waals surface area (Å²) in [6, 6.07) is 27.1. The molecule has 1 aromatic heterocycles. The molecule has 8 heteroatoms. The van der Waals surface area contributed by atoms with E-state index in [2.05, 4.69) is 20.0 Å². The Balaban J connectivity index is 1.31. The van der Waals surface area contributed by atoms with Crippen molar-refractivity contribution in [1.29, 1.82) is 0 Å². The Morgan fingerprint density at radius 2 is 1.63 bits per heavy atom. The lowest BCUT2D eigenvalue weighted by Crippen LogP contribution is -2.27. The van der Waals surface area contributed by atoms with Crippen molar-refractivity contribution in [2.45, 2.75) is 31.2 Å². The van der Waals surface area contributed by atoms with Crippen LogP contribution in [0, 0.1) is 0 Å². The molecule has 4 aromatic rings. The molecular formula is C27H26N4O3S. The number of nitrogens with zero attached hydrogens (tertiary/aromatic N) is 2. The summed E-state index contributed by atoms with van der Waals surface area (Å²) in [5.41, 5.74) is 4.12. The number of ether oxygens (including phenoxy) is 1. The minimum absolute atomic E-state index is 0.0554. The van der Waals surface area contributed by atoms with E-state index in [9.17, 15) is 8.42 Å². The molecule has 0 bridgehead atoms. The molecule has 0 spiro atoms. The monoisotopic (exact) mass is 486 g/mol. The first-order chi connectivity index (χ1) is 17.0. The number of anilines is 2. The van der Waals surface area contributed by atoms with Gasteiger partial charge >= 0.3 is 0 Å². The van der Waals surface area contributed by atoms with Gasteiger partial charge in [-0.3, -0.25) is 0 Å². The zero-order valence-corrected chi connectivity index (χ0v) is 19.9. The second-order valence-electron chi connectivity index (χ2n) is 8.54. The lowest BCUT2D eigenvalue weighted by molar-refractivity contribution is 0.307. The molecule has 3 aromatic carbocycles. The summed E-state index contributed by atoms with van der Waals surface area (Å²) in [5, 5.41) is 3.26. The maximum atomic E-state index is 12.3. The molecule has 1 fully saturated rings. The number of para-hydroxylation sites is 1. The first-order valence-corrected chi connectivity index (χ1v) is 13.1. The number of benzene rings is 3. The number of rotatable bonds is 10. The van der Waals surface area contributed by atoms with E-state index in [4.69, 9.17) is 4.74 Å². The van der Waals surface area contributed by atoms with Crippen LogP contribution >= 0.6 is 0 Å². The molecule has 0 aliphatic heterocycles. The van der Waals surface area contributed by atoms with Gasteiger partial charge in [0.05, 0.1) is 11.4 Å². The van der Waals surface area contributed by atoms with Crippen molar-refractivity contribution >= 4 is 21.5 Å². The van der Waals surface area contributed by atoms with Crippen molar-refractivity contribution in [2.24, 2.45) is 0 Å². The van der Waals surface area contributed by atoms with Gasteiger partial charge in [0.15, 0.2) is 0 Å². The number of sulfonamides is 1. The second-order valence-corrected chi connectivity index (χ2v) is 10.3. The minimum Gasteiger partial charge on any atom is -0.488 e. The fourth-order valence-corrected chi connectivity index (χ4v) is 5.16. The molecule has 0 amide bonds. The lowest BCUT2D eigenvalue weighted by atomic mass is 10.1. The summed E-state index contributed by atoms with van der Waals surface area (Å²) in [6.07, 6.45) is 3.33. The average Bonchev–Trinajstić information content (AvgIpc) is 3.67. The van der Waals surface area contributed by atoms with E-state index in [0.29, 0.717) is 18.0 Å². The van der Waals surface area contributed by atoms with Crippen molar-refractivity contribution < 1.29 is 13.2 Å². The highest BCUT2D eigenvalue weighted by Crippen LogP contribution is 2.30. The highest BCUT2D eigenvalue weighted by Gasteiger charge is 2.26. The Morgan fingerprint density at radius 1 is 0.857 bits per heavy atom. The molecule has 1 saturated carbocycles. The topological polar surface area (TPSA) is 93.2 Å². The van der Waals surface area contributed by atoms with Crippen LogP contribution < -0.4 is 14.8 Å². The van der Waals surface area contributed by atoms with Crippen molar-refractivity contribution in [3.63, 3.8) is 0 Å². The van der Waals surface area contributed by atoms with E-state index in [1.807, 2.05) is 84.9 Å². The molecular weight excluding hydrogens is 460 g/mol. The Kier molecular flexibility index (Phi) is 6.74. The van der Waals surface area contributed by atoms with Crippen molar-refractivity contribution in [3.8, 4) is 17.0 Å².